The molecule has 1 saturated heterocycles. The standard InChI is InChI=1S/C32H37F2N3O6/c1-40-27-18-25(19-28(41-2)29(27)42-3)32(33,34)30(38)37-17-9-14-26(37)22-43-31(39)36(21-24-10-5-4-6-11-24)16-8-13-23-12-7-15-35-20-23/h4-7,10-12,15,18-20,26H,8-9,13-14,16-17,21-22H2,1-3H3. The van der Waals surface area contributed by atoms with E-state index in [9.17, 15) is 9.59 Å². The monoisotopic (exact) mass is 597 g/mol. The van der Waals surface area contributed by atoms with Crippen molar-refractivity contribution in [1.29, 1.82) is 0 Å². The second-order valence-corrected chi connectivity index (χ2v) is 10.2. The molecule has 3 aromatic rings. The molecular weight excluding hydrogens is 560 g/mol. The Hall–Kier alpha value is -4.41. The lowest BCUT2D eigenvalue weighted by Gasteiger charge is -2.30. The minimum absolute atomic E-state index is 0.0123. The van der Waals surface area contributed by atoms with Gasteiger partial charge in [0.05, 0.1) is 27.4 Å². The number of likely N-dealkylation sites (tertiary alicyclic amines) is 1. The number of alkyl halides is 2. The summed E-state index contributed by atoms with van der Waals surface area (Å²) < 4.78 is 52.5. The third kappa shape index (κ3) is 7.71. The highest BCUT2D eigenvalue weighted by Crippen LogP contribution is 2.43. The molecule has 0 radical (unpaired) electrons. The molecule has 4 rings (SSSR count). The van der Waals surface area contributed by atoms with Crippen LogP contribution in [-0.2, 0) is 28.4 Å². The maximum Gasteiger partial charge on any atom is 0.410 e. The molecule has 1 unspecified atom stereocenters. The van der Waals surface area contributed by atoms with E-state index in [2.05, 4.69) is 4.98 Å². The highest BCUT2D eigenvalue weighted by Gasteiger charge is 2.48. The van der Waals surface area contributed by atoms with Gasteiger partial charge in [-0.3, -0.25) is 9.78 Å². The maximum atomic E-state index is 15.6. The Kier molecular flexibility index (Phi) is 10.7. The number of amides is 2. The molecule has 0 N–H and O–H groups in total. The summed E-state index contributed by atoms with van der Waals surface area (Å²) in [6.07, 6.45) is 5.29. The maximum absolute atomic E-state index is 15.6. The number of rotatable bonds is 13. The summed E-state index contributed by atoms with van der Waals surface area (Å²) in [6, 6.07) is 14.8. The van der Waals surface area contributed by atoms with Crippen molar-refractivity contribution < 1.29 is 37.3 Å². The van der Waals surface area contributed by atoms with Gasteiger partial charge in [0.15, 0.2) is 11.5 Å². The molecule has 2 amide bonds. The van der Waals surface area contributed by atoms with Gasteiger partial charge in [0, 0.05) is 37.6 Å². The van der Waals surface area contributed by atoms with Crippen LogP contribution in [0.2, 0.25) is 0 Å². The Labute approximate surface area is 250 Å². The van der Waals surface area contributed by atoms with Gasteiger partial charge in [-0.2, -0.15) is 8.78 Å². The van der Waals surface area contributed by atoms with Crippen LogP contribution >= 0.6 is 0 Å². The topological polar surface area (TPSA) is 90.4 Å². The van der Waals surface area contributed by atoms with Crippen LogP contribution in [0.1, 0.15) is 36.0 Å². The van der Waals surface area contributed by atoms with E-state index in [0.29, 0.717) is 32.4 Å². The molecule has 1 fully saturated rings. The number of ether oxygens (including phenoxy) is 4. The average Bonchev–Trinajstić information content (AvgIpc) is 3.51. The quantitative estimate of drug-likeness (QED) is 0.258. The number of aryl methyl sites for hydroxylation is 1. The lowest BCUT2D eigenvalue weighted by molar-refractivity contribution is -0.160. The number of benzene rings is 2. The number of hydrogen-bond acceptors (Lipinski definition) is 7. The molecule has 2 aromatic carbocycles. The molecule has 1 atom stereocenters. The molecule has 1 aromatic heterocycles. The number of halogens is 2. The zero-order valence-corrected chi connectivity index (χ0v) is 24.6. The van der Waals surface area contributed by atoms with Gasteiger partial charge in [-0.25, -0.2) is 4.79 Å². The fourth-order valence-corrected chi connectivity index (χ4v) is 5.16. The van der Waals surface area contributed by atoms with Crippen molar-refractivity contribution in [1.82, 2.24) is 14.8 Å². The van der Waals surface area contributed by atoms with E-state index < -0.39 is 29.5 Å². The molecule has 0 spiro atoms. The molecule has 230 valence electrons. The van der Waals surface area contributed by atoms with Gasteiger partial charge < -0.3 is 28.7 Å². The Morgan fingerprint density at radius 1 is 1.00 bits per heavy atom. The van der Waals surface area contributed by atoms with Gasteiger partial charge in [-0.05, 0) is 55.0 Å². The van der Waals surface area contributed by atoms with Crippen LogP contribution in [0.4, 0.5) is 13.6 Å². The van der Waals surface area contributed by atoms with Crippen molar-refractivity contribution in [2.45, 2.75) is 44.2 Å². The smallest absolute Gasteiger partial charge is 0.410 e. The van der Waals surface area contributed by atoms with Crippen LogP contribution in [0.5, 0.6) is 17.2 Å². The van der Waals surface area contributed by atoms with Gasteiger partial charge in [-0.1, -0.05) is 36.4 Å². The first-order chi connectivity index (χ1) is 20.8. The number of carbonyl (C=O) groups is 2. The molecule has 2 heterocycles. The third-order valence-corrected chi connectivity index (χ3v) is 7.42. The molecule has 0 saturated carbocycles. The van der Waals surface area contributed by atoms with Crippen LogP contribution in [0.3, 0.4) is 0 Å². The zero-order chi connectivity index (χ0) is 30.8. The van der Waals surface area contributed by atoms with Crippen LogP contribution in [0, 0.1) is 0 Å². The SMILES string of the molecule is COc1cc(C(F)(F)C(=O)N2CCCC2COC(=O)N(CCCc2cccnc2)Cc2ccccc2)cc(OC)c1OC. The van der Waals surface area contributed by atoms with E-state index in [4.69, 9.17) is 18.9 Å². The van der Waals surface area contributed by atoms with Gasteiger partial charge in [0.25, 0.3) is 5.91 Å². The number of nitrogens with zero attached hydrogens (tertiary/aromatic N) is 3. The van der Waals surface area contributed by atoms with Crippen molar-refractivity contribution in [2.24, 2.45) is 0 Å². The average molecular weight is 598 g/mol. The predicted octanol–water partition coefficient (Wildman–Crippen LogP) is 5.46. The van der Waals surface area contributed by atoms with Crippen LogP contribution in [-0.4, -0.2) is 73.9 Å². The number of methoxy groups -OCH3 is 3. The lowest BCUT2D eigenvalue weighted by atomic mass is 10.0. The summed E-state index contributed by atoms with van der Waals surface area (Å²) in [7, 11) is 3.99. The fourth-order valence-electron chi connectivity index (χ4n) is 5.16. The molecular formula is C32H37F2N3O6. The number of pyridine rings is 1. The summed E-state index contributed by atoms with van der Waals surface area (Å²) in [4.78, 5) is 33.3. The Balaban J connectivity index is 1.43. The minimum Gasteiger partial charge on any atom is -0.493 e. The number of aromatic nitrogens is 1. The van der Waals surface area contributed by atoms with Crippen molar-refractivity contribution in [2.75, 3.05) is 41.0 Å². The van der Waals surface area contributed by atoms with Crippen molar-refractivity contribution in [3.8, 4) is 17.2 Å². The Morgan fingerprint density at radius 3 is 2.33 bits per heavy atom. The third-order valence-electron chi connectivity index (χ3n) is 7.42. The summed E-state index contributed by atoms with van der Waals surface area (Å²) in [5, 5.41) is 0. The predicted molar refractivity (Wildman–Crippen MR) is 155 cm³/mol. The lowest BCUT2D eigenvalue weighted by Crippen LogP contribution is -2.46. The van der Waals surface area contributed by atoms with Crippen molar-refractivity contribution in [3.63, 3.8) is 0 Å². The van der Waals surface area contributed by atoms with E-state index >= 15 is 8.78 Å². The molecule has 0 aliphatic carbocycles. The fraction of sp³-hybridized carbons (Fsp3) is 0.406. The largest absolute Gasteiger partial charge is 0.493 e. The summed E-state index contributed by atoms with van der Waals surface area (Å²) >= 11 is 0. The molecule has 0 bridgehead atoms. The summed E-state index contributed by atoms with van der Waals surface area (Å²) in [5.74, 6) is -5.09. The van der Waals surface area contributed by atoms with Gasteiger partial charge in [0.2, 0.25) is 5.75 Å². The van der Waals surface area contributed by atoms with Crippen LogP contribution < -0.4 is 14.2 Å². The van der Waals surface area contributed by atoms with Crippen molar-refractivity contribution >= 4 is 12.0 Å². The highest BCUT2D eigenvalue weighted by atomic mass is 19.3. The molecule has 1 aliphatic rings. The van der Waals surface area contributed by atoms with E-state index in [1.165, 1.54) is 21.3 Å². The number of hydrogen-bond donors (Lipinski definition) is 0. The van der Waals surface area contributed by atoms with E-state index in [0.717, 1.165) is 34.6 Å². The van der Waals surface area contributed by atoms with Gasteiger partial charge >= 0.3 is 12.0 Å². The molecule has 1 aliphatic heterocycles. The normalized spacial score (nSPS) is 14.7. The first-order valence-electron chi connectivity index (χ1n) is 14.1. The molecule has 9 nitrogen and oxygen atoms in total. The van der Waals surface area contributed by atoms with Crippen LogP contribution in [0.25, 0.3) is 0 Å². The summed E-state index contributed by atoms with van der Waals surface area (Å²) in [5.41, 5.74) is 1.41. The Bertz CT molecular complexity index is 1330. The molecule has 43 heavy (non-hydrogen) atoms. The Morgan fingerprint density at radius 2 is 1.70 bits per heavy atom. The molecule has 11 heteroatoms. The van der Waals surface area contributed by atoms with Gasteiger partial charge in [-0.15, -0.1) is 0 Å². The summed E-state index contributed by atoms with van der Waals surface area (Å²) in [6.45, 7) is 0.693. The van der Waals surface area contributed by atoms with E-state index in [1.54, 1.807) is 17.3 Å². The first kappa shape index (κ1) is 31.5. The van der Waals surface area contributed by atoms with E-state index in [-0.39, 0.29) is 30.4 Å². The van der Waals surface area contributed by atoms with Crippen molar-refractivity contribution in [3.05, 3.63) is 83.7 Å². The van der Waals surface area contributed by atoms with Gasteiger partial charge in [0.1, 0.15) is 6.61 Å². The number of carbonyl (C=O) groups excluding carboxylic acids is 2. The highest BCUT2D eigenvalue weighted by molar-refractivity contribution is 5.86. The second kappa shape index (κ2) is 14.7. The van der Waals surface area contributed by atoms with Crippen LogP contribution in [0.15, 0.2) is 67.0 Å². The second-order valence-electron chi connectivity index (χ2n) is 10.2. The van der Waals surface area contributed by atoms with E-state index in [1.807, 2.05) is 42.5 Å². The minimum atomic E-state index is -3.88. The first-order valence-corrected chi connectivity index (χ1v) is 14.1. The zero-order valence-electron chi connectivity index (χ0n) is 24.6.